The molecule has 0 aromatic carbocycles. The molecule has 2 unspecified atom stereocenters. The van der Waals surface area contributed by atoms with Crippen LogP contribution in [0.3, 0.4) is 0 Å². The van der Waals surface area contributed by atoms with Gasteiger partial charge in [-0.15, -0.1) is 0 Å². The molecule has 0 spiro atoms. The predicted molar refractivity (Wildman–Crippen MR) is 236 cm³/mol. The quantitative estimate of drug-likeness (QED) is 0.213. The van der Waals surface area contributed by atoms with Crippen LogP contribution >= 0.6 is 0 Å². The second-order valence-electron chi connectivity index (χ2n) is 15.6. The molecule has 0 aromatic heterocycles. The van der Waals surface area contributed by atoms with Crippen LogP contribution < -0.4 is 0 Å². The Morgan fingerprint density at radius 3 is 0.918 bits per heavy atom. The summed E-state index contributed by atoms with van der Waals surface area (Å²) >= 11 is 0. The van der Waals surface area contributed by atoms with E-state index in [1.807, 2.05) is 41.5 Å². The van der Waals surface area contributed by atoms with Crippen molar-refractivity contribution in [2.75, 3.05) is 0 Å². The fourth-order valence-corrected chi connectivity index (χ4v) is 8.91. The van der Waals surface area contributed by atoms with E-state index in [1.54, 1.807) is 44.9 Å². The van der Waals surface area contributed by atoms with Gasteiger partial charge in [-0.1, -0.05) is 272 Å². The molecule has 3 aliphatic rings. The summed E-state index contributed by atoms with van der Waals surface area (Å²) in [5.41, 5.74) is 0. The van der Waals surface area contributed by atoms with Gasteiger partial charge < -0.3 is 0 Å². The molecule has 0 N–H and O–H groups in total. The summed E-state index contributed by atoms with van der Waals surface area (Å²) in [5, 5.41) is 0. The zero-order valence-electron chi connectivity index (χ0n) is 36.1. The summed E-state index contributed by atoms with van der Waals surface area (Å²) < 4.78 is 0. The van der Waals surface area contributed by atoms with Crippen LogP contribution in [-0.4, -0.2) is 0 Å². The van der Waals surface area contributed by atoms with E-state index >= 15 is 0 Å². The largest absolute Gasteiger partial charge is 0.0776 e. The van der Waals surface area contributed by atoms with Crippen molar-refractivity contribution in [3.63, 3.8) is 0 Å². The van der Waals surface area contributed by atoms with Crippen molar-refractivity contribution in [2.45, 2.75) is 278 Å². The molecule has 0 bridgehead atoms. The van der Waals surface area contributed by atoms with Gasteiger partial charge in [-0.05, 0) is 47.8 Å². The van der Waals surface area contributed by atoms with Gasteiger partial charge in [0, 0.05) is 0 Å². The van der Waals surface area contributed by atoms with Crippen molar-refractivity contribution in [3.05, 3.63) is 0 Å². The summed E-state index contributed by atoms with van der Waals surface area (Å²) in [6, 6.07) is 0. The SMILES string of the molecule is C.C.CC.CC.CC.CC1CCCC(C2CCCCCC(C3CCCCCCC3)C2)CCC1.CCCC(C)CCC.CCCC(C)CCC. The van der Waals surface area contributed by atoms with Crippen molar-refractivity contribution >= 4 is 0 Å². The molecule has 3 saturated carbocycles. The van der Waals surface area contributed by atoms with Crippen LogP contribution in [-0.2, 0) is 0 Å². The first kappa shape index (κ1) is 58.3. The van der Waals surface area contributed by atoms with Gasteiger partial charge in [0.1, 0.15) is 0 Å². The summed E-state index contributed by atoms with van der Waals surface area (Å²) in [6.45, 7) is 28.2. The number of rotatable bonds is 10. The standard InChI is InChI=1S/C25H46.2C8H18.3C2H6.2CH4/c1-21-12-10-18-23(19-11-13-21)25-17-9-5-8-16-24(20-25)22-14-6-3-2-4-7-15-22;2*1-4-6-8(3)7-5-2;3*1-2;;/h21-25H,2-20H2,1H3;2*8H,4-7H2,1-3H3;3*1-2H3;2*1H4. The van der Waals surface area contributed by atoms with E-state index in [2.05, 4.69) is 48.5 Å². The van der Waals surface area contributed by atoms with Gasteiger partial charge in [0.15, 0.2) is 0 Å². The van der Waals surface area contributed by atoms with Gasteiger partial charge in [0.05, 0.1) is 0 Å². The summed E-state index contributed by atoms with van der Waals surface area (Å²) in [5.74, 6) is 7.28. The van der Waals surface area contributed by atoms with Crippen LogP contribution in [0.15, 0.2) is 0 Å². The lowest BCUT2D eigenvalue weighted by molar-refractivity contribution is 0.139. The lowest BCUT2D eigenvalue weighted by atomic mass is 9.68. The molecule has 0 aliphatic heterocycles. The van der Waals surface area contributed by atoms with Gasteiger partial charge in [-0.3, -0.25) is 0 Å². The van der Waals surface area contributed by atoms with E-state index in [-0.39, 0.29) is 14.9 Å². The van der Waals surface area contributed by atoms with E-state index < -0.39 is 0 Å². The predicted octanol–water partition coefficient (Wildman–Crippen LogP) is 19.3. The van der Waals surface area contributed by atoms with Gasteiger partial charge in [-0.2, -0.15) is 0 Å². The van der Waals surface area contributed by atoms with Gasteiger partial charge in [0.2, 0.25) is 0 Å². The molecule has 0 saturated heterocycles. The second-order valence-corrected chi connectivity index (χ2v) is 15.6. The highest BCUT2D eigenvalue weighted by atomic mass is 14.4. The molecular weight excluding hydrogens is 589 g/mol. The molecule has 2 atom stereocenters. The zero-order valence-corrected chi connectivity index (χ0v) is 36.1. The van der Waals surface area contributed by atoms with Crippen molar-refractivity contribution in [3.8, 4) is 0 Å². The monoisotopic (exact) mass is 697 g/mol. The molecule has 3 aliphatic carbocycles. The third-order valence-corrected chi connectivity index (χ3v) is 11.4. The summed E-state index contributed by atoms with van der Waals surface area (Å²) in [6.07, 6.45) is 40.4. The lowest BCUT2D eigenvalue weighted by Crippen LogP contribution is -2.26. The normalized spacial score (nSPS) is 23.1. The van der Waals surface area contributed by atoms with Crippen LogP contribution in [0.1, 0.15) is 278 Å². The highest BCUT2D eigenvalue weighted by Crippen LogP contribution is 2.42. The maximum Gasteiger partial charge on any atom is -0.0383 e. The summed E-state index contributed by atoms with van der Waals surface area (Å²) in [7, 11) is 0. The third-order valence-electron chi connectivity index (χ3n) is 11.4. The summed E-state index contributed by atoms with van der Waals surface area (Å²) in [4.78, 5) is 0. The minimum atomic E-state index is 0. The minimum Gasteiger partial charge on any atom is -0.0776 e. The molecule has 0 aromatic rings. The molecule has 304 valence electrons. The van der Waals surface area contributed by atoms with E-state index in [9.17, 15) is 0 Å². The van der Waals surface area contributed by atoms with Crippen molar-refractivity contribution in [1.29, 1.82) is 0 Å². The lowest BCUT2D eigenvalue weighted by Gasteiger charge is -2.37. The average molecular weight is 697 g/mol. The molecule has 3 fully saturated rings. The first-order valence-corrected chi connectivity index (χ1v) is 22.9. The Morgan fingerprint density at radius 1 is 0.367 bits per heavy atom. The topological polar surface area (TPSA) is 0 Å². The third kappa shape index (κ3) is 34.8. The Bertz CT molecular complexity index is 492. The number of hydrogen-bond donors (Lipinski definition) is 0. The Morgan fingerprint density at radius 2 is 0.612 bits per heavy atom. The van der Waals surface area contributed by atoms with Crippen LogP contribution in [0.4, 0.5) is 0 Å². The van der Waals surface area contributed by atoms with E-state index in [4.69, 9.17) is 0 Å². The van der Waals surface area contributed by atoms with Crippen molar-refractivity contribution in [1.82, 2.24) is 0 Å². The molecule has 0 heteroatoms. The van der Waals surface area contributed by atoms with Gasteiger partial charge >= 0.3 is 0 Å². The van der Waals surface area contributed by atoms with Gasteiger partial charge in [-0.25, -0.2) is 0 Å². The van der Waals surface area contributed by atoms with Crippen LogP contribution in [0.25, 0.3) is 0 Å². The van der Waals surface area contributed by atoms with E-state index in [0.29, 0.717) is 0 Å². The Hall–Kier alpha value is 0. The maximum atomic E-state index is 2.49. The fraction of sp³-hybridized carbons (Fsp3) is 1.00. The van der Waals surface area contributed by atoms with Gasteiger partial charge in [0.25, 0.3) is 0 Å². The molecule has 3 rings (SSSR count). The Balaban J connectivity index is -0.000000224. The van der Waals surface area contributed by atoms with Crippen LogP contribution in [0, 0.1) is 41.4 Å². The first-order valence-electron chi connectivity index (χ1n) is 22.9. The molecule has 0 heterocycles. The van der Waals surface area contributed by atoms with E-state index in [1.165, 1.54) is 128 Å². The fourth-order valence-electron chi connectivity index (χ4n) is 8.91. The van der Waals surface area contributed by atoms with Crippen LogP contribution in [0.5, 0.6) is 0 Å². The Labute approximate surface area is 318 Å². The van der Waals surface area contributed by atoms with E-state index in [0.717, 1.165) is 41.4 Å². The highest BCUT2D eigenvalue weighted by Gasteiger charge is 2.30. The van der Waals surface area contributed by atoms with Crippen molar-refractivity contribution < 1.29 is 0 Å². The first-order chi connectivity index (χ1) is 22.9. The van der Waals surface area contributed by atoms with Crippen molar-refractivity contribution in [2.24, 2.45) is 41.4 Å². The molecule has 0 radical (unpaired) electrons. The smallest absolute Gasteiger partial charge is 0.0383 e. The molecule has 49 heavy (non-hydrogen) atoms. The average Bonchev–Trinajstić information content (AvgIpc) is 3.04. The minimum absolute atomic E-state index is 0. The highest BCUT2D eigenvalue weighted by molar-refractivity contribution is 4.82. The molecule has 0 amide bonds. The number of hydrogen-bond acceptors (Lipinski definition) is 0. The zero-order chi connectivity index (χ0) is 36.1. The van der Waals surface area contributed by atoms with Crippen LogP contribution in [0.2, 0.25) is 0 Å². The second kappa shape index (κ2) is 46.0. The maximum absolute atomic E-state index is 2.49. The Kier molecular flexibility index (Phi) is 54.8. The molecular formula is C49H108. The molecule has 0 nitrogen and oxygen atoms in total.